The Kier molecular flexibility index (Phi) is 5.88. The van der Waals surface area contributed by atoms with Crippen LogP contribution in [0.2, 0.25) is 0 Å². The monoisotopic (exact) mass is 402 g/mol. The van der Waals surface area contributed by atoms with Crippen molar-refractivity contribution in [2.75, 3.05) is 6.61 Å². The van der Waals surface area contributed by atoms with E-state index in [-0.39, 0.29) is 17.7 Å². The minimum absolute atomic E-state index is 0.0544. The van der Waals surface area contributed by atoms with E-state index in [0.29, 0.717) is 25.7 Å². The van der Waals surface area contributed by atoms with Gasteiger partial charge in [0.05, 0.1) is 18.1 Å². The second-order valence-electron chi connectivity index (χ2n) is 8.78. The van der Waals surface area contributed by atoms with Crippen LogP contribution in [-0.4, -0.2) is 81.2 Å². The van der Waals surface area contributed by atoms with Gasteiger partial charge in [-0.2, -0.15) is 0 Å². The second-order valence-corrected chi connectivity index (χ2v) is 8.78. The Hall–Kier alpha value is -1.10. The zero-order chi connectivity index (χ0) is 20.9. The summed E-state index contributed by atoms with van der Waals surface area (Å²) in [6.07, 6.45) is -5.72. The van der Waals surface area contributed by atoms with Crippen LogP contribution in [0.5, 0.6) is 0 Å². The predicted molar refractivity (Wildman–Crippen MR) is 93.9 cm³/mol. The molecule has 4 N–H and O–H groups in total. The minimum Gasteiger partial charge on any atom is -0.459 e. The lowest BCUT2D eigenvalue weighted by Crippen LogP contribution is -2.60. The SMILES string of the molecule is CC(=O)CCC1C2(C)CC(OC3OC(CO)C(O)C(O)C3O)CC1(C)C(=O)O2. The number of ketones is 1. The average Bonchev–Trinajstić information content (AvgIpc) is 2.71. The van der Waals surface area contributed by atoms with Crippen molar-refractivity contribution in [2.24, 2.45) is 11.3 Å². The molecular weight excluding hydrogens is 372 g/mol. The van der Waals surface area contributed by atoms with Crippen LogP contribution in [-0.2, 0) is 23.8 Å². The van der Waals surface area contributed by atoms with Gasteiger partial charge < -0.3 is 39.4 Å². The number of fused-ring (bicyclic) bond motifs is 2. The van der Waals surface area contributed by atoms with Crippen LogP contribution in [0.25, 0.3) is 0 Å². The summed E-state index contributed by atoms with van der Waals surface area (Å²) >= 11 is 0. The van der Waals surface area contributed by atoms with Gasteiger partial charge >= 0.3 is 5.97 Å². The molecule has 160 valence electrons. The van der Waals surface area contributed by atoms with E-state index < -0.39 is 54.4 Å². The second kappa shape index (κ2) is 7.62. The Balaban J connectivity index is 1.74. The lowest BCUT2D eigenvalue weighted by Gasteiger charge is -2.46. The number of carbonyl (C=O) groups excluding carboxylic acids is 2. The lowest BCUT2D eigenvalue weighted by molar-refractivity contribution is -0.317. The number of hydrogen-bond acceptors (Lipinski definition) is 9. The Labute approximate surface area is 163 Å². The third-order valence-electron chi connectivity index (χ3n) is 6.54. The summed E-state index contributed by atoms with van der Waals surface area (Å²) in [6.45, 7) is 4.60. The van der Waals surface area contributed by atoms with E-state index in [1.54, 1.807) is 6.92 Å². The molecule has 2 saturated heterocycles. The number of rotatable bonds is 6. The largest absolute Gasteiger partial charge is 0.459 e. The quantitative estimate of drug-likeness (QED) is 0.423. The summed E-state index contributed by atoms with van der Waals surface area (Å²) < 4.78 is 17.0. The number of ether oxygens (including phenoxy) is 3. The summed E-state index contributed by atoms with van der Waals surface area (Å²) in [5, 5.41) is 39.3. The van der Waals surface area contributed by atoms with Crippen molar-refractivity contribution in [1.29, 1.82) is 0 Å². The number of Topliss-reactive ketones (excluding diaryl/α,β-unsaturated/α-hetero) is 1. The minimum atomic E-state index is -1.52. The Morgan fingerprint density at radius 1 is 1.18 bits per heavy atom. The van der Waals surface area contributed by atoms with Gasteiger partial charge in [0.1, 0.15) is 35.8 Å². The molecule has 9 heteroatoms. The van der Waals surface area contributed by atoms with Crippen LogP contribution >= 0.6 is 0 Å². The van der Waals surface area contributed by atoms with Gasteiger partial charge in [-0.15, -0.1) is 0 Å². The zero-order valence-corrected chi connectivity index (χ0v) is 16.4. The van der Waals surface area contributed by atoms with Crippen LogP contribution in [0.15, 0.2) is 0 Å². The van der Waals surface area contributed by atoms with Crippen molar-refractivity contribution in [2.45, 2.75) is 88.9 Å². The highest BCUT2D eigenvalue weighted by atomic mass is 16.7. The van der Waals surface area contributed by atoms with Crippen molar-refractivity contribution < 1.29 is 44.2 Å². The van der Waals surface area contributed by atoms with E-state index in [2.05, 4.69) is 0 Å². The zero-order valence-electron chi connectivity index (χ0n) is 16.4. The number of aliphatic hydroxyl groups excluding tert-OH is 4. The molecule has 9 nitrogen and oxygen atoms in total. The first kappa shape index (κ1) is 21.6. The fraction of sp³-hybridized carbons (Fsp3) is 0.895. The number of esters is 1. The summed E-state index contributed by atoms with van der Waals surface area (Å²) in [6, 6.07) is 0. The molecule has 3 fully saturated rings. The van der Waals surface area contributed by atoms with Crippen LogP contribution in [0.3, 0.4) is 0 Å². The van der Waals surface area contributed by atoms with Crippen molar-refractivity contribution in [3.63, 3.8) is 0 Å². The Bertz CT molecular complexity index is 623. The number of carbonyl (C=O) groups is 2. The highest BCUT2D eigenvalue weighted by Gasteiger charge is 2.64. The summed E-state index contributed by atoms with van der Waals surface area (Å²) in [7, 11) is 0. The molecule has 1 aliphatic carbocycles. The molecule has 1 saturated carbocycles. The number of hydrogen-bond donors (Lipinski definition) is 4. The van der Waals surface area contributed by atoms with Crippen molar-refractivity contribution in [3.05, 3.63) is 0 Å². The van der Waals surface area contributed by atoms with Crippen molar-refractivity contribution in [1.82, 2.24) is 0 Å². The van der Waals surface area contributed by atoms with E-state index in [1.807, 2.05) is 6.92 Å². The maximum absolute atomic E-state index is 12.6. The summed E-state index contributed by atoms with van der Waals surface area (Å²) in [4.78, 5) is 24.0. The van der Waals surface area contributed by atoms with Crippen LogP contribution in [0.1, 0.15) is 46.5 Å². The predicted octanol–water partition coefficient (Wildman–Crippen LogP) is -0.727. The standard InChI is InChI=1S/C19H30O9/c1-9(21)4-5-12-18(2)6-10(7-19(12,3)28-17(18)25)26-16-15(24)14(23)13(22)11(8-20)27-16/h10-16,20,22-24H,4-8H2,1-3H3. The van der Waals surface area contributed by atoms with Gasteiger partial charge in [0.25, 0.3) is 0 Å². The molecule has 9 unspecified atom stereocenters. The van der Waals surface area contributed by atoms with Crippen molar-refractivity contribution in [3.8, 4) is 0 Å². The third kappa shape index (κ3) is 3.59. The number of aliphatic hydroxyl groups is 4. The molecule has 3 aliphatic rings. The Morgan fingerprint density at radius 2 is 1.86 bits per heavy atom. The van der Waals surface area contributed by atoms with Crippen molar-refractivity contribution >= 4 is 11.8 Å². The lowest BCUT2D eigenvalue weighted by atomic mass is 9.61. The Morgan fingerprint density at radius 3 is 2.43 bits per heavy atom. The molecule has 0 radical (unpaired) electrons. The van der Waals surface area contributed by atoms with Gasteiger partial charge in [0.15, 0.2) is 6.29 Å². The normalized spacial score (nSPS) is 48.4. The molecule has 0 aromatic carbocycles. The summed E-state index contributed by atoms with van der Waals surface area (Å²) in [5.74, 6) is -0.409. The van der Waals surface area contributed by atoms with Gasteiger partial charge in [-0.05, 0) is 33.6 Å². The maximum Gasteiger partial charge on any atom is 0.312 e. The highest BCUT2D eigenvalue weighted by Crippen LogP contribution is 2.57. The fourth-order valence-electron chi connectivity index (χ4n) is 5.06. The first-order valence-electron chi connectivity index (χ1n) is 9.70. The first-order valence-corrected chi connectivity index (χ1v) is 9.70. The van der Waals surface area contributed by atoms with E-state index in [4.69, 9.17) is 14.2 Å². The molecule has 0 amide bonds. The van der Waals surface area contributed by atoms with Crippen LogP contribution in [0, 0.1) is 11.3 Å². The molecule has 0 spiro atoms. The first-order chi connectivity index (χ1) is 13.0. The molecule has 9 atom stereocenters. The molecule has 0 aromatic heterocycles. The average molecular weight is 402 g/mol. The molecule has 2 bridgehead atoms. The van der Waals surface area contributed by atoms with Gasteiger partial charge in [-0.3, -0.25) is 4.79 Å². The maximum atomic E-state index is 12.6. The van der Waals surface area contributed by atoms with Gasteiger partial charge in [0.2, 0.25) is 0 Å². The molecular formula is C19H30O9. The van der Waals surface area contributed by atoms with Gasteiger partial charge in [-0.25, -0.2) is 0 Å². The van der Waals surface area contributed by atoms with E-state index >= 15 is 0 Å². The van der Waals surface area contributed by atoms with Crippen LogP contribution < -0.4 is 0 Å². The third-order valence-corrected chi connectivity index (χ3v) is 6.54. The molecule has 2 heterocycles. The molecule has 0 aromatic rings. The highest BCUT2D eigenvalue weighted by molar-refractivity contribution is 5.81. The molecule has 3 rings (SSSR count). The van der Waals surface area contributed by atoms with Gasteiger partial charge in [0, 0.05) is 18.8 Å². The van der Waals surface area contributed by atoms with E-state index in [0.717, 1.165) is 0 Å². The topological polar surface area (TPSA) is 143 Å². The van der Waals surface area contributed by atoms with Gasteiger partial charge in [-0.1, -0.05) is 0 Å². The fourth-order valence-corrected chi connectivity index (χ4v) is 5.06. The van der Waals surface area contributed by atoms with E-state index in [1.165, 1.54) is 6.92 Å². The van der Waals surface area contributed by atoms with E-state index in [9.17, 15) is 30.0 Å². The molecule has 2 aliphatic heterocycles. The van der Waals surface area contributed by atoms with Crippen LogP contribution in [0.4, 0.5) is 0 Å². The molecule has 28 heavy (non-hydrogen) atoms. The summed E-state index contributed by atoms with van der Waals surface area (Å²) in [5.41, 5.74) is -1.64. The smallest absolute Gasteiger partial charge is 0.312 e.